The molecule has 2 aliphatic heterocycles. The summed E-state index contributed by atoms with van der Waals surface area (Å²) >= 11 is 0. The summed E-state index contributed by atoms with van der Waals surface area (Å²) in [6.45, 7) is -2.24. The van der Waals surface area contributed by atoms with Gasteiger partial charge in [0.1, 0.15) is 48.1 Å². The molecule has 12 heteroatoms. The molecule has 2 fully saturated rings. The third-order valence-electron chi connectivity index (χ3n) is 5.58. The van der Waals surface area contributed by atoms with E-state index in [9.17, 15) is 26.7 Å². The number of likely N-dealkylation sites (tertiary alicyclic amines) is 1. The maximum atomic E-state index is 13.9. The first-order valence-corrected chi connectivity index (χ1v) is 10.2. The van der Waals surface area contributed by atoms with Gasteiger partial charge in [0.2, 0.25) is 0 Å². The van der Waals surface area contributed by atoms with Gasteiger partial charge in [-0.15, -0.1) is 13.2 Å². The van der Waals surface area contributed by atoms with E-state index in [0.29, 0.717) is 6.07 Å². The standard InChI is InChI=1S/C22H21F5N2O5/c1-13-18(31-6-7-33-22(25,26)27)3-2-17(28-13)20(30)29-5-4-21(19(11-29)32-12-34-21)14-8-15(23)10-16(24)9-14/h2-3,8-10,19H,4-7,11-12H2,1H3/t19-,21-/m1/s1/i12D2. The molecule has 0 saturated carbocycles. The number of piperidine rings is 1. The molecule has 0 N–H and O–H groups in total. The van der Waals surface area contributed by atoms with Crippen LogP contribution >= 0.6 is 0 Å². The van der Waals surface area contributed by atoms with E-state index < -0.39 is 49.0 Å². The highest BCUT2D eigenvalue weighted by atomic mass is 19.4. The molecular weight excluding hydrogens is 467 g/mol. The van der Waals surface area contributed by atoms with E-state index in [0.717, 1.165) is 12.1 Å². The van der Waals surface area contributed by atoms with Crippen molar-refractivity contribution in [3.05, 3.63) is 58.9 Å². The Morgan fingerprint density at radius 1 is 1.26 bits per heavy atom. The third kappa shape index (κ3) is 5.13. The highest BCUT2D eigenvalue weighted by molar-refractivity contribution is 5.92. The van der Waals surface area contributed by atoms with Crippen molar-refractivity contribution in [1.82, 2.24) is 9.88 Å². The zero-order chi connectivity index (χ0) is 26.3. The number of aromatic nitrogens is 1. The predicted molar refractivity (Wildman–Crippen MR) is 106 cm³/mol. The molecule has 0 radical (unpaired) electrons. The van der Waals surface area contributed by atoms with Crippen molar-refractivity contribution < 1.29 is 48.4 Å². The number of amides is 1. The van der Waals surface area contributed by atoms with Crippen molar-refractivity contribution in [3.8, 4) is 5.75 Å². The van der Waals surface area contributed by atoms with Crippen LogP contribution in [-0.4, -0.2) is 61.3 Å². The third-order valence-corrected chi connectivity index (χ3v) is 5.58. The molecule has 1 aromatic carbocycles. The van der Waals surface area contributed by atoms with E-state index in [-0.39, 0.29) is 48.8 Å². The number of hydrogen-bond donors (Lipinski definition) is 0. The first-order chi connectivity index (χ1) is 16.8. The quantitative estimate of drug-likeness (QED) is 0.455. The van der Waals surface area contributed by atoms with E-state index in [1.54, 1.807) is 0 Å². The molecule has 1 aromatic heterocycles. The molecule has 34 heavy (non-hydrogen) atoms. The number of carbonyl (C=O) groups is 1. The van der Waals surface area contributed by atoms with Crippen molar-refractivity contribution in [2.24, 2.45) is 0 Å². The van der Waals surface area contributed by atoms with Gasteiger partial charge in [0, 0.05) is 19.0 Å². The van der Waals surface area contributed by atoms with Gasteiger partial charge in [-0.2, -0.15) is 0 Å². The molecule has 2 saturated heterocycles. The Kier molecular flexibility index (Phi) is 6.02. The van der Waals surface area contributed by atoms with E-state index >= 15 is 0 Å². The van der Waals surface area contributed by atoms with Gasteiger partial charge in [0.05, 0.1) is 21.6 Å². The summed E-state index contributed by atoms with van der Waals surface area (Å²) in [5.41, 5.74) is -1.18. The maximum absolute atomic E-state index is 13.9. The molecule has 4 rings (SSSR count). The number of fused-ring (bicyclic) bond motifs is 1. The highest BCUT2D eigenvalue weighted by Gasteiger charge is 2.51. The fraction of sp³-hybridized carbons (Fsp3) is 0.455. The second-order valence-corrected chi connectivity index (χ2v) is 7.76. The summed E-state index contributed by atoms with van der Waals surface area (Å²) < 4.78 is 99.5. The number of carbonyl (C=O) groups excluding carboxylic acids is 1. The molecule has 0 bridgehead atoms. The summed E-state index contributed by atoms with van der Waals surface area (Å²) in [5.74, 6) is -2.08. The summed E-state index contributed by atoms with van der Waals surface area (Å²) in [5, 5.41) is 0. The van der Waals surface area contributed by atoms with Gasteiger partial charge in [-0.1, -0.05) is 0 Å². The van der Waals surface area contributed by atoms with Crippen LogP contribution in [0.5, 0.6) is 5.75 Å². The van der Waals surface area contributed by atoms with Gasteiger partial charge in [0.15, 0.2) is 0 Å². The lowest BCUT2D eigenvalue weighted by molar-refractivity contribution is -0.325. The van der Waals surface area contributed by atoms with Gasteiger partial charge in [-0.05, 0) is 36.8 Å². The zero-order valence-corrected chi connectivity index (χ0v) is 17.8. The average Bonchev–Trinajstić information content (AvgIpc) is 3.06. The van der Waals surface area contributed by atoms with Crippen LogP contribution in [0.25, 0.3) is 0 Å². The minimum absolute atomic E-state index is 0.00874. The largest absolute Gasteiger partial charge is 0.522 e. The lowest BCUT2D eigenvalue weighted by atomic mass is 9.82. The molecule has 2 atom stereocenters. The van der Waals surface area contributed by atoms with Crippen LogP contribution in [0.3, 0.4) is 0 Å². The lowest BCUT2D eigenvalue weighted by Gasteiger charge is -2.41. The number of benzene rings is 1. The highest BCUT2D eigenvalue weighted by Crippen LogP contribution is 2.43. The first kappa shape index (κ1) is 21.7. The second kappa shape index (κ2) is 9.43. The van der Waals surface area contributed by atoms with E-state index in [1.807, 2.05) is 0 Å². The molecule has 1 amide bonds. The summed E-state index contributed by atoms with van der Waals surface area (Å²) in [6.07, 6.45) is -5.84. The molecule has 7 nitrogen and oxygen atoms in total. The Hall–Kier alpha value is -2.83. The SMILES string of the molecule is [2H]C1([2H])O[C@@H]2CN(C(=O)c3ccc(OCCOC(F)(F)F)c(C)n3)CC[C@]2(c2cc(F)cc(F)c2)O1. The number of aryl methyl sites for hydroxylation is 1. The van der Waals surface area contributed by atoms with E-state index in [1.165, 1.54) is 24.0 Å². The number of rotatable bonds is 6. The average molecular weight is 490 g/mol. The van der Waals surface area contributed by atoms with Crippen LogP contribution in [0.15, 0.2) is 30.3 Å². The molecule has 184 valence electrons. The van der Waals surface area contributed by atoms with E-state index in [2.05, 4.69) is 9.72 Å². The van der Waals surface area contributed by atoms with Crippen LogP contribution in [-0.2, 0) is 19.8 Å². The van der Waals surface area contributed by atoms with Gasteiger partial charge in [0.25, 0.3) is 5.91 Å². The summed E-state index contributed by atoms with van der Waals surface area (Å²) in [6, 6.07) is 5.50. The zero-order valence-electron chi connectivity index (χ0n) is 19.8. The number of halogens is 5. The minimum atomic E-state index is -4.77. The van der Waals surface area contributed by atoms with Crippen molar-refractivity contribution in [2.75, 3.05) is 33.0 Å². The fourth-order valence-corrected chi connectivity index (χ4v) is 3.97. The van der Waals surface area contributed by atoms with Gasteiger partial charge in [-0.25, -0.2) is 13.8 Å². The van der Waals surface area contributed by atoms with Crippen LogP contribution < -0.4 is 4.74 Å². The van der Waals surface area contributed by atoms with Crippen LogP contribution in [0.2, 0.25) is 0 Å². The van der Waals surface area contributed by atoms with Gasteiger partial charge >= 0.3 is 6.36 Å². The number of pyridine rings is 1. The maximum Gasteiger partial charge on any atom is 0.522 e. The molecule has 0 unspecified atom stereocenters. The number of hydrogen-bond acceptors (Lipinski definition) is 6. The van der Waals surface area contributed by atoms with Crippen molar-refractivity contribution in [3.63, 3.8) is 0 Å². The number of ether oxygens (including phenoxy) is 4. The molecule has 0 aliphatic carbocycles. The predicted octanol–water partition coefficient (Wildman–Crippen LogP) is 3.70. The molecule has 3 heterocycles. The molecule has 2 aliphatic rings. The normalized spacial score (nSPS) is 24.9. The Bertz CT molecular complexity index is 1130. The summed E-state index contributed by atoms with van der Waals surface area (Å²) in [4.78, 5) is 18.6. The smallest absolute Gasteiger partial charge is 0.489 e. The first-order valence-electron chi connectivity index (χ1n) is 11.2. The Balaban J connectivity index is 1.47. The Morgan fingerprint density at radius 2 is 2.00 bits per heavy atom. The van der Waals surface area contributed by atoms with Crippen LogP contribution in [0.1, 0.15) is 30.9 Å². The minimum Gasteiger partial charge on any atom is -0.489 e. The summed E-state index contributed by atoms with van der Waals surface area (Å²) in [7, 11) is 0. The van der Waals surface area contributed by atoms with E-state index in [4.69, 9.17) is 17.0 Å². The molecular formula is C22H21F5N2O5. The van der Waals surface area contributed by atoms with Crippen LogP contribution in [0.4, 0.5) is 22.0 Å². The van der Waals surface area contributed by atoms with Crippen LogP contribution in [0, 0.1) is 18.6 Å². The molecule has 0 spiro atoms. The topological polar surface area (TPSA) is 70.1 Å². The fourth-order valence-electron chi connectivity index (χ4n) is 3.97. The molecule has 2 aromatic rings. The number of alkyl halides is 3. The van der Waals surface area contributed by atoms with Crippen molar-refractivity contribution >= 4 is 5.91 Å². The van der Waals surface area contributed by atoms with Gasteiger partial charge < -0.3 is 19.1 Å². The lowest BCUT2D eigenvalue weighted by Crippen LogP contribution is -2.53. The second-order valence-electron chi connectivity index (χ2n) is 7.76. The Morgan fingerprint density at radius 3 is 2.68 bits per heavy atom. The van der Waals surface area contributed by atoms with Crippen molar-refractivity contribution in [1.29, 1.82) is 0 Å². The monoisotopic (exact) mass is 490 g/mol. The van der Waals surface area contributed by atoms with Gasteiger partial charge in [-0.3, -0.25) is 9.53 Å². The van der Waals surface area contributed by atoms with Crippen molar-refractivity contribution in [2.45, 2.75) is 31.4 Å². The number of nitrogens with zero attached hydrogens (tertiary/aromatic N) is 2. The Labute approximate surface area is 194 Å².